The molecule has 3 atom stereocenters. The number of esters is 1. The summed E-state index contributed by atoms with van der Waals surface area (Å²) in [5.74, 6) is -2.24. The van der Waals surface area contributed by atoms with Crippen molar-refractivity contribution in [3.8, 4) is 0 Å². The first-order chi connectivity index (χ1) is 22.8. The molecule has 0 radical (unpaired) electrons. The van der Waals surface area contributed by atoms with Crippen LogP contribution in [-0.2, 0) is 41.8 Å². The van der Waals surface area contributed by atoms with E-state index in [1.165, 1.54) is 6.08 Å². The van der Waals surface area contributed by atoms with E-state index in [4.69, 9.17) is 14.2 Å². The predicted molar refractivity (Wildman–Crippen MR) is 177 cm³/mol. The van der Waals surface area contributed by atoms with Gasteiger partial charge < -0.3 is 35.3 Å². The van der Waals surface area contributed by atoms with Crippen LogP contribution in [0.25, 0.3) is 0 Å². The standard InChI is InChI=1S/C36H47N3O8/c1-3-13-29(21-32(41)39-36(26-40)19-11-12-20-36)33(42)37-30(24-45-22-27-15-7-5-8-16-27)25-46-34(43)31(14-4-2)38-35(44)47-23-28-17-9-6-10-18-28/h3-10,15-18,29-31,40H,1-2,11-14,19-26H2,(H,37,42)(H,38,44)(H,39,41). The molecule has 1 saturated carbocycles. The summed E-state index contributed by atoms with van der Waals surface area (Å²) in [5, 5.41) is 18.2. The molecular weight excluding hydrogens is 602 g/mol. The van der Waals surface area contributed by atoms with Crippen molar-refractivity contribution in [1.82, 2.24) is 16.0 Å². The van der Waals surface area contributed by atoms with Crippen LogP contribution in [0.2, 0.25) is 0 Å². The molecule has 4 N–H and O–H groups in total. The molecule has 1 aliphatic rings. The molecule has 1 aliphatic carbocycles. The first-order valence-electron chi connectivity index (χ1n) is 16.0. The summed E-state index contributed by atoms with van der Waals surface area (Å²) in [6.07, 6.45) is 5.68. The summed E-state index contributed by atoms with van der Waals surface area (Å²) in [5.41, 5.74) is 1.06. The fourth-order valence-electron chi connectivity index (χ4n) is 5.34. The number of carbonyl (C=O) groups is 4. The number of hydrogen-bond donors (Lipinski definition) is 4. The maximum atomic E-state index is 13.4. The number of rotatable bonds is 20. The van der Waals surface area contributed by atoms with E-state index in [2.05, 4.69) is 29.1 Å². The van der Waals surface area contributed by atoms with Crippen LogP contribution in [0, 0.1) is 5.92 Å². The van der Waals surface area contributed by atoms with Crippen LogP contribution < -0.4 is 16.0 Å². The van der Waals surface area contributed by atoms with Gasteiger partial charge in [-0.3, -0.25) is 9.59 Å². The summed E-state index contributed by atoms with van der Waals surface area (Å²) in [7, 11) is 0. The van der Waals surface area contributed by atoms with Crippen molar-refractivity contribution < 1.29 is 38.5 Å². The highest BCUT2D eigenvalue weighted by Crippen LogP contribution is 2.29. The summed E-state index contributed by atoms with van der Waals surface area (Å²) in [6, 6.07) is 16.7. The molecule has 254 valence electrons. The van der Waals surface area contributed by atoms with Crippen LogP contribution in [0.15, 0.2) is 86.0 Å². The lowest BCUT2D eigenvalue weighted by molar-refractivity contribution is -0.148. The van der Waals surface area contributed by atoms with Crippen LogP contribution in [0.3, 0.4) is 0 Å². The van der Waals surface area contributed by atoms with Crippen molar-refractivity contribution in [2.45, 2.75) is 75.8 Å². The van der Waals surface area contributed by atoms with Crippen molar-refractivity contribution in [2.75, 3.05) is 19.8 Å². The van der Waals surface area contributed by atoms with Gasteiger partial charge in [0.2, 0.25) is 11.8 Å². The summed E-state index contributed by atoms with van der Waals surface area (Å²) < 4.78 is 16.6. The third-order valence-corrected chi connectivity index (χ3v) is 7.92. The van der Waals surface area contributed by atoms with Crippen molar-refractivity contribution in [1.29, 1.82) is 0 Å². The molecular formula is C36H47N3O8. The van der Waals surface area contributed by atoms with Crippen LogP contribution in [0.5, 0.6) is 0 Å². The molecule has 11 heteroatoms. The summed E-state index contributed by atoms with van der Waals surface area (Å²) >= 11 is 0. The Morgan fingerprint density at radius 2 is 1.45 bits per heavy atom. The molecule has 3 rings (SSSR count). The van der Waals surface area contributed by atoms with Gasteiger partial charge in [-0.25, -0.2) is 9.59 Å². The number of allylic oxidation sites excluding steroid dienone is 1. The second-order valence-corrected chi connectivity index (χ2v) is 11.7. The highest BCUT2D eigenvalue weighted by Gasteiger charge is 2.35. The van der Waals surface area contributed by atoms with Gasteiger partial charge in [0.05, 0.1) is 37.3 Å². The highest BCUT2D eigenvalue weighted by molar-refractivity contribution is 5.86. The Morgan fingerprint density at radius 1 is 0.830 bits per heavy atom. The van der Waals surface area contributed by atoms with Crippen LogP contribution in [0.1, 0.15) is 56.1 Å². The van der Waals surface area contributed by atoms with Gasteiger partial charge in [0.1, 0.15) is 19.3 Å². The Bertz CT molecular complexity index is 1300. The van der Waals surface area contributed by atoms with Gasteiger partial charge in [-0.15, -0.1) is 13.2 Å². The van der Waals surface area contributed by atoms with Gasteiger partial charge >= 0.3 is 12.1 Å². The molecule has 2 aromatic rings. The minimum atomic E-state index is -1.07. The van der Waals surface area contributed by atoms with Crippen molar-refractivity contribution in [3.05, 3.63) is 97.1 Å². The predicted octanol–water partition coefficient (Wildman–Crippen LogP) is 4.11. The first kappa shape index (κ1) is 37.0. The van der Waals surface area contributed by atoms with Crippen LogP contribution >= 0.6 is 0 Å². The zero-order valence-electron chi connectivity index (χ0n) is 26.9. The molecule has 0 bridgehead atoms. The number of carbonyl (C=O) groups excluding carboxylic acids is 4. The normalized spacial score (nSPS) is 15.3. The van der Waals surface area contributed by atoms with Gasteiger partial charge in [-0.2, -0.15) is 0 Å². The van der Waals surface area contributed by atoms with Gasteiger partial charge in [-0.05, 0) is 36.8 Å². The van der Waals surface area contributed by atoms with E-state index in [0.717, 1.165) is 24.0 Å². The highest BCUT2D eigenvalue weighted by atomic mass is 16.6. The lowest BCUT2D eigenvalue weighted by Gasteiger charge is -2.29. The molecule has 3 unspecified atom stereocenters. The van der Waals surface area contributed by atoms with E-state index in [0.29, 0.717) is 12.8 Å². The van der Waals surface area contributed by atoms with E-state index in [1.807, 2.05) is 60.7 Å². The average Bonchev–Trinajstić information content (AvgIpc) is 3.55. The summed E-state index contributed by atoms with van der Waals surface area (Å²) in [6.45, 7) is 7.28. The Hall–Kier alpha value is -4.48. The average molecular weight is 650 g/mol. The molecule has 11 nitrogen and oxygen atoms in total. The van der Waals surface area contributed by atoms with E-state index in [-0.39, 0.29) is 58.2 Å². The number of ether oxygens (including phenoxy) is 3. The fourth-order valence-corrected chi connectivity index (χ4v) is 5.34. The number of benzene rings is 2. The van der Waals surface area contributed by atoms with Crippen molar-refractivity contribution in [3.63, 3.8) is 0 Å². The van der Waals surface area contributed by atoms with Gasteiger partial charge in [-0.1, -0.05) is 85.7 Å². The minimum Gasteiger partial charge on any atom is -0.462 e. The number of alkyl carbamates (subject to hydrolysis) is 1. The third kappa shape index (κ3) is 13.0. The van der Waals surface area contributed by atoms with Crippen LogP contribution in [-0.4, -0.2) is 66.4 Å². The molecule has 2 aromatic carbocycles. The Balaban J connectivity index is 1.61. The lowest BCUT2D eigenvalue weighted by atomic mass is 9.95. The maximum absolute atomic E-state index is 13.4. The second-order valence-electron chi connectivity index (χ2n) is 11.7. The Morgan fingerprint density at radius 3 is 2.04 bits per heavy atom. The summed E-state index contributed by atoms with van der Waals surface area (Å²) in [4.78, 5) is 51.9. The molecule has 0 aromatic heterocycles. The monoisotopic (exact) mass is 649 g/mol. The lowest BCUT2D eigenvalue weighted by Crippen LogP contribution is -2.51. The van der Waals surface area contributed by atoms with Crippen LogP contribution in [0.4, 0.5) is 4.79 Å². The van der Waals surface area contributed by atoms with Crippen molar-refractivity contribution >= 4 is 23.9 Å². The first-order valence-corrected chi connectivity index (χ1v) is 16.0. The number of aliphatic hydroxyl groups excluding tert-OH is 1. The largest absolute Gasteiger partial charge is 0.462 e. The Kier molecular flexibility index (Phi) is 15.7. The topological polar surface area (TPSA) is 152 Å². The smallest absolute Gasteiger partial charge is 0.408 e. The number of hydrogen-bond acceptors (Lipinski definition) is 8. The van der Waals surface area contributed by atoms with Crippen molar-refractivity contribution in [2.24, 2.45) is 5.92 Å². The SMILES string of the molecule is C=CCC(CC(=O)NC1(CO)CCCC1)C(=O)NC(COCc1ccccc1)COC(=O)C(CC=C)NC(=O)OCc1ccccc1. The van der Waals surface area contributed by atoms with E-state index in [9.17, 15) is 24.3 Å². The zero-order valence-corrected chi connectivity index (χ0v) is 26.9. The number of amides is 3. The molecule has 0 saturated heterocycles. The van der Waals surface area contributed by atoms with E-state index in [1.54, 1.807) is 6.08 Å². The van der Waals surface area contributed by atoms with E-state index < -0.39 is 41.5 Å². The molecule has 1 fully saturated rings. The van der Waals surface area contributed by atoms with Gasteiger partial charge in [0, 0.05) is 6.42 Å². The molecule has 47 heavy (non-hydrogen) atoms. The Labute approximate surface area is 276 Å². The fraction of sp³-hybridized carbons (Fsp3) is 0.444. The third-order valence-electron chi connectivity index (χ3n) is 7.92. The second kappa shape index (κ2) is 19.9. The quantitative estimate of drug-likeness (QED) is 0.124. The molecule has 0 spiro atoms. The maximum Gasteiger partial charge on any atom is 0.408 e. The number of aliphatic hydroxyl groups is 1. The van der Waals surface area contributed by atoms with Gasteiger partial charge in [0.25, 0.3) is 0 Å². The number of nitrogens with one attached hydrogen (secondary N) is 3. The molecule has 0 aliphatic heterocycles. The minimum absolute atomic E-state index is 0.00716. The zero-order chi connectivity index (χ0) is 33.9. The molecule has 0 heterocycles. The molecule has 3 amide bonds. The van der Waals surface area contributed by atoms with E-state index >= 15 is 0 Å². The van der Waals surface area contributed by atoms with Gasteiger partial charge in [0.15, 0.2) is 0 Å².